The summed E-state index contributed by atoms with van der Waals surface area (Å²) in [6, 6.07) is 10.9. The number of hydrogen-bond donors (Lipinski definition) is 0. The number of aromatic nitrogens is 1. The van der Waals surface area contributed by atoms with Crippen molar-refractivity contribution in [2.45, 2.75) is 43.0 Å². The Morgan fingerprint density at radius 3 is 2.74 bits per heavy atom. The van der Waals surface area contributed by atoms with Crippen molar-refractivity contribution < 1.29 is 17.9 Å². The second-order valence-corrected chi connectivity index (χ2v) is 9.34. The van der Waals surface area contributed by atoms with Crippen LogP contribution in [0.1, 0.15) is 24.0 Å². The molecule has 2 aromatic rings. The number of rotatable bonds is 5. The lowest BCUT2D eigenvalue weighted by atomic mass is 9.86. The molecule has 0 bridgehead atoms. The summed E-state index contributed by atoms with van der Waals surface area (Å²) in [6.45, 7) is 3.82. The van der Waals surface area contributed by atoms with E-state index in [1.807, 2.05) is 31.2 Å². The number of sulfonamides is 1. The van der Waals surface area contributed by atoms with Gasteiger partial charge in [0.25, 0.3) is 0 Å². The third-order valence-corrected chi connectivity index (χ3v) is 7.05. The van der Waals surface area contributed by atoms with Crippen molar-refractivity contribution in [2.75, 3.05) is 19.7 Å². The van der Waals surface area contributed by atoms with Crippen LogP contribution in [-0.4, -0.2) is 49.1 Å². The van der Waals surface area contributed by atoms with E-state index in [2.05, 4.69) is 4.98 Å². The molecule has 1 aromatic carbocycles. The highest BCUT2D eigenvalue weighted by atomic mass is 32.2. The lowest BCUT2D eigenvalue weighted by Crippen LogP contribution is -2.67. The third-order valence-electron chi connectivity index (χ3n) is 5.24. The van der Waals surface area contributed by atoms with Crippen molar-refractivity contribution in [1.82, 2.24) is 9.29 Å². The topological polar surface area (TPSA) is 68.7 Å². The van der Waals surface area contributed by atoms with Crippen LogP contribution < -0.4 is 0 Å². The van der Waals surface area contributed by atoms with Gasteiger partial charge in [0.2, 0.25) is 10.0 Å². The Kier molecular flexibility index (Phi) is 5.03. The van der Waals surface area contributed by atoms with Crippen molar-refractivity contribution in [1.29, 1.82) is 0 Å². The van der Waals surface area contributed by atoms with E-state index in [0.717, 1.165) is 17.5 Å². The zero-order valence-corrected chi connectivity index (χ0v) is 16.2. The molecule has 7 heteroatoms. The zero-order valence-electron chi connectivity index (χ0n) is 15.4. The van der Waals surface area contributed by atoms with Gasteiger partial charge in [-0.15, -0.1) is 0 Å². The molecule has 27 heavy (non-hydrogen) atoms. The highest BCUT2D eigenvalue weighted by molar-refractivity contribution is 7.89. The molecule has 2 aliphatic heterocycles. The van der Waals surface area contributed by atoms with E-state index in [-0.39, 0.29) is 6.10 Å². The molecule has 1 spiro atoms. The minimum absolute atomic E-state index is 0.0724. The summed E-state index contributed by atoms with van der Waals surface area (Å²) in [6.07, 6.45) is 5.15. The first-order valence-corrected chi connectivity index (χ1v) is 10.6. The van der Waals surface area contributed by atoms with Crippen molar-refractivity contribution in [3.05, 3.63) is 59.9 Å². The summed E-state index contributed by atoms with van der Waals surface area (Å²) in [5.41, 5.74) is 1.66. The number of nitrogens with zero attached hydrogens (tertiary/aromatic N) is 2. The van der Waals surface area contributed by atoms with Crippen LogP contribution in [0.15, 0.2) is 53.7 Å². The van der Waals surface area contributed by atoms with Gasteiger partial charge >= 0.3 is 0 Å². The molecule has 2 saturated heterocycles. The highest BCUT2D eigenvalue weighted by Gasteiger charge is 2.52. The van der Waals surface area contributed by atoms with Gasteiger partial charge in [-0.1, -0.05) is 23.8 Å². The molecule has 0 N–H and O–H groups in total. The van der Waals surface area contributed by atoms with Gasteiger partial charge in [0.15, 0.2) is 0 Å². The first-order chi connectivity index (χ1) is 13.0. The SMILES string of the molecule is Cc1ccc(S(=O)(=O)N2CC3(C[C@@H](OCc4cccnc4)CCO3)C2)cc1. The molecule has 2 aliphatic rings. The maximum Gasteiger partial charge on any atom is 0.243 e. The number of pyridine rings is 1. The van der Waals surface area contributed by atoms with Crippen LogP contribution in [-0.2, 0) is 26.1 Å². The Morgan fingerprint density at radius 2 is 2.04 bits per heavy atom. The maximum atomic E-state index is 12.8. The van der Waals surface area contributed by atoms with Crippen LogP contribution in [0, 0.1) is 6.92 Å². The Bertz CT molecular complexity index is 878. The van der Waals surface area contributed by atoms with Gasteiger partial charge in [-0.2, -0.15) is 4.31 Å². The van der Waals surface area contributed by atoms with Gasteiger partial charge < -0.3 is 9.47 Å². The number of aryl methyl sites for hydroxylation is 1. The summed E-state index contributed by atoms with van der Waals surface area (Å²) in [5.74, 6) is 0. The van der Waals surface area contributed by atoms with Crippen LogP contribution in [0.5, 0.6) is 0 Å². The van der Waals surface area contributed by atoms with Gasteiger partial charge in [0.05, 0.1) is 23.2 Å². The average molecular weight is 388 g/mol. The second kappa shape index (κ2) is 7.31. The number of benzene rings is 1. The van der Waals surface area contributed by atoms with Gasteiger partial charge in [-0.25, -0.2) is 8.42 Å². The van der Waals surface area contributed by atoms with Crippen molar-refractivity contribution in [3.63, 3.8) is 0 Å². The average Bonchev–Trinajstić information content (AvgIpc) is 2.66. The van der Waals surface area contributed by atoms with E-state index in [1.54, 1.807) is 24.5 Å². The van der Waals surface area contributed by atoms with Crippen molar-refractivity contribution in [3.8, 4) is 0 Å². The first-order valence-electron chi connectivity index (χ1n) is 9.18. The molecule has 1 atom stereocenters. The molecule has 2 fully saturated rings. The van der Waals surface area contributed by atoms with Crippen LogP contribution in [0.2, 0.25) is 0 Å². The molecule has 4 rings (SSSR count). The summed E-state index contributed by atoms with van der Waals surface area (Å²) in [4.78, 5) is 4.43. The lowest BCUT2D eigenvalue weighted by molar-refractivity contribution is -0.180. The van der Waals surface area contributed by atoms with Gasteiger partial charge in [0.1, 0.15) is 0 Å². The molecule has 6 nitrogen and oxygen atoms in total. The Morgan fingerprint density at radius 1 is 1.26 bits per heavy atom. The maximum absolute atomic E-state index is 12.8. The third kappa shape index (κ3) is 3.91. The molecule has 0 radical (unpaired) electrons. The Hall–Kier alpha value is -1.80. The molecule has 0 aliphatic carbocycles. The van der Waals surface area contributed by atoms with Crippen molar-refractivity contribution >= 4 is 10.0 Å². The molecule has 144 valence electrons. The lowest BCUT2D eigenvalue weighted by Gasteiger charge is -2.52. The quantitative estimate of drug-likeness (QED) is 0.787. The van der Waals surface area contributed by atoms with E-state index in [9.17, 15) is 8.42 Å². The zero-order chi connectivity index (χ0) is 18.9. The van der Waals surface area contributed by atoms with E-state index in [1.165, 1.54) is 4.31 Å². The van der Waals surface area contributed by atoms with Gasteiger partial charge in [-0.05, 0) is 37.1 Å². The molecule has 0 saturated carbocycles. The Labute approximate surface area is 160 Å². The smallest absolute Gasteiger partial charge is 0.243 e. The summed E-state index contributed by atoms with van der Waals surface area (Å²) in [5, 5.41) is 0. The monoisotopic (exact) mass is 388 g/mol. The largest absolute Gasteiger partial charge is 0.373 e. The number of hydrogen-bond acceptors (Lipinski definition) is 5. The minimum atomic E-state index is -3.46. The molecule has 0 unspecified atom stereocenters. The minimum Gasteiger partial charge on any atom is -0.373 e. The summed E-state index contributed by atoms with van der Waals surface area (Å²) < 4.78 is 39.0. The molecule has 3 heterocycles. The second-order valence-electron chi connectivity index (χ2n) is 7.40. The summed E-state index contributed by atoms with van der Waals surface area (Å²) >= 11 is 0. The predicted octanol–water partition coefficient (Wildman–Crippen LogP) is 2.53. The summed E-state index contributed by atoms with van der Waals surface area (Å²) in [7, 11) is -3.46. The first kappa shape index (κ1) is 18.6. The fourth-order valence-corrected chi connectivity index (χ4v) is 5.26. The molecular weight excluding hydrogens is 364 g/mol. The van der Waals surface area contributed by atoms with Gasteiger partial charge in [-0.3, -0.25) is 4.98 Å². The molecule has 1 aromatic heterocycles. The van der Waals surface area contributed by atoms with E-state index < -0.39 is 15.6 Å². The van der Waals surface area contributed by atoms with E-state index in [0.29, 0.717) is 37.6 Å². The predicted molar refractivity (Wildman–Crippen MR) is 101 cm³/mol. The fraction of sp³-hybridized carbons (Fsp3) is 0.450. The van der Waals surface area contributed by atoms with Crippen LogP contribution in [0.4, 0.5) is 0 Å². The fourth-order valence-electron chi connectivity index (χ4n) is 3.67. The molecule has 0 amide bonds. The Balaban J connectivity index is 1.36. The number of ether oxygens (including phenoxy) is 2. The van der Waals surface area contributed by atoms with Gasteiger partial charge in [0, 0.05) is 38.5 Å². The normalized spacial score (nSPS) is 22.5. The van der Waals surface area contributed by atoms with Crippen molar-refractivity contribution in [2.24, 2.45) is 0 Å². The van der Waals surface area contributed by atoms with Crippen LogP contribution in [0.3, 0.4) is 0 Å². The van der Waals surface area contributed by atoms with Crippen LogP contribution >= 0.6 is 0 Å². The van der Waals surface area contributed by atoms with Crippen LogP contribution in [0.25, 0.3) is 0 Å². The standard InChI is InChI=1S/C20H24N2O4S/c1-16-4-6-19(7-5-16)27(23,24)22-14-20(15-22)11-18(8-10-26-20)25-13-17-3-2-9-21-12-17/h2-7,9,12,18H,8,10-11,13-15H2,1H3/t18-/m0/s1. The van der Waals surface area contributed by atoms with E-state index >= 15 is 0 Å². The van der Waals surface area contributed by atoms with E-state index in [4.69, 9.17) is 9.47 Å². The molecular formula is C20H24N2O4S. The highest BCUT2D eigenvalue weighted by Crippen LogP contribution is 2.38.